The molecule has 1 amide bonds. The summed E-state index contributed by atoms with van der Waals surface area (Å²) in [5.74, 6) is -0.297. The molecular weight excluding hydrogens is 470 g/mol. The molecule has 0 bridgehead atoms. The Kier molecular flexibility index (Phi) is 7.45. The molecule has 3 aromatic rings. The zero-order valence-corrected chi connectivity index (χ0v) is 20.7. The third kappa shape index (κ3) is 5.19. The Labute approximate surface area is 208 Å². The molecule has 0 radical (unpaired) electrons. The Bertz CT molecular complexity index is 1280. The van der Waals surface area contributed by atoms with Gasteiger partial charge >= 0.3 is 5.97 Å². The van der Waals surface area contributed by atoms with Crippen molar-refractivity contribution in [2.24, 2.45) is 0 Å². The van der Waals surface area contributed by atoms with Gasteiger partial charge in [0.2, 0.25) is 11.7 Å². The lowest BCUT2D eigenvalue weighted by atomic mass is 10.2. The van der Waals surface area contributed by atoms with Crippen molar-refractivity contribution < 1.29 is 14.7 Å². The maximum atomic E-state index is 13.2. The summed E-state index contributed by atoms with van der Waals surface area (Å²) in [5, 5.41) is 12.4. The van der Waals surface area contributed by atoms with Gasteiger partial charge in [-0.1, -0.05) is 43.5 Å². The van der Waals surface area contributed by atoms with Crippen molar-refractivity contribution in [2.45, 2.75) is 64.6 Å². The van der Waals surface area contributed by atoms with E-state index < -0.39 is 18.1 Å². The second kappa shape index (κ2) is 10.5. The summed E-state index contributed by atoms with van der Waals surface area (Å²) in [6.07, 6.45) is 6.02. The molecule has 0 saturated carbocycles. The second-order valence-corrected chi connectivity index (χ2v) is 9.36. The highest BCUT2D eigenvalue weighted by atomic mass is 35.5. The van der Waals surface area contributed by atoms with Crippen LogP contribution in [-0.4, -0.2) is 49.6 Å². The van der Waals surface area contributed by atoms with Gasteiger partial charge in [-0.25, -0.2) is 4.98 Å². The van der Waals surface area contributed by atoms with Gasteiger partial charge in [-0.3, -0.25) is 23.4 Å². The van der Waals surface area contributed by atoms with Gasteiger partial charge < -0.3 is 15.3 Å². The average molecular weight is 500 g/mol. The summed E-state index contributed by atoms with van der Waals surface area (Å²) in [6.45, 7) is 4.80. The van der Waals surface area contributed by atoms with E-state index in [0.29, 0.717) is 41.8 Å². The van der Waals surface area contributed by atoms with Gasteiger partial charge in [-0.2, -0.15) is 0 Å². The number of carbonyl (C=O) groups is 2. The number of aryl methyl sites for hydroxylation is 1. The smallest absolute Gasteiger partial charge is 0.325 e. The fraction of sp³-hybridized carbons (Fsp3) is 0.440. The van der Waals surface area contributed by atoms with Gasteiger partial charge in [-0.15, -0.1) is 0 Å². The maximum absolute atomic E-state index is 13.2. The number of unbranched alkanes of at least 4 members (excludes halogenated alkanes) is 2. The lowest BCUT2D eigenvalue weighted by molar-refractivity contribution is -0.141. The first-order valence-electron chi connectivity index (χ1n) is 12.0. The van der Waals surface area contributed by atoms with Crippen molar-refractivity contribution in [3.8, 4) is 11.3 Å². The highest BCUT2D eigenvalue weighted by molar-refractivity contribution is 6.30. The zero-order chi connectivity index (χ0) is 25.1. The van der Waals surface area contributed by atoms with Gasteiger partial charge in [-0.05, 0) is 38.3 Å². The van der Waals surface area contributed by atoms with E-state index in [4.69, 9.17) is 16.6 Å². The van der Waals surface area contributed by atoms with Crippen LogP contribution in [0.5, 0.6) is 0 Å². The van der Waals surface area contributed by atoms with Crippen molar-refractivity contribution in [1.29, 1.82) is 0 Å². The number of amides is 1. The van der Waals surface area contributed by atoms with Crippen LogP contribution in [0.25, 0.3) is 17.0 Å². The van der Waals surface area contributed by atoms with Gasteiger partial charge in [0.1, 0.15) is 17.9 Å². The Morgan fingerprint density at radius 1 is 1.26 bits per heavy atom. The van der Waals surface area contributed by atoms with Crippen LogP contribution in [0.2, 0.25) is 5.02 Å². The van der Waals surface area contributed by atoms with Crippen LogP contribution < -0.4 is 15.8 Å². The van der Waals surface area contributed by atoms with Crippen molar-refractivity contribution in [3.63, 3.8) is 0 Å². The summed E-state index contributed by atoms with van der Waals surface area (Å²) in [5.41, 5.74) is 1.27. The molecular formula is C25H30ClN5O4. The minimum Gasteiger partial charge on any atom is -0.480 e. The number of nitrogens with zero attached hydrogens (tertiary/aromatic N) is 4. The van der Waals surface area contributed by atoms with E-state index in [1.165, 1.54) is 11.3 Å². The van der Waals surface area contributed by atoms with E-state index in [9.17, 15) is 19.5 Å². The van der Waals surface area contributed by atoms with E-state index >= 15 is 0 Å². The highest BCUT2D eigenvalue weighted by Crippen LogP contribution is 2.28. The van der Waals surface area contributed by atoms with Crippen LogP contribution in [0, 0.1) is 0 Å². The molecule has 2 aromatic heterocycles. The molecule has 10 heteroatoms. The van der Waals surface area contributed by atoms with E-state index in [1.807, 2.05) is 21.6 Å². The number of aliphatic carboxylic acids is 1. The molecule has 1 aromatic carbocycles. The van der Waals surface area contributed by atoms with Crippen LogP contribution in [0.1, 0.15) is 46.0 Å². The SMILES string of the molecule is CCCCCn1c(N2CCC[C@H]2C(=O)NC(C)C(=O)O)cc(=O)n2cc(-c3ccc(Cl)cc3)nc12. The van der Waals surface area contributed by atoms with Gasteiger partial charge in [0.15, 0.2) is 0 Å². The van der Waals surface area contributed by atoms with Crippen molar-refractivity contribution in [1.82, 2.24) is 19.3 Å². The van der Waals surface area contributed by atoms with Crippen LogP contribution in [0.3, 0.4) is 0 Å². The summed E-state index contributed by atoms with van der Waals surface area (Å²) < 4.78 is 3.54. The monoisotopic (exact) mass is 499 g/mol. The largest absolute Gasteiger partial charge is 0.480 e. The quantitative estimate of drug-likeness (QED) is 0.436. The molecule has 1 aliphatic heterocycles. The Balaban J connectivity index is 1.78. The molecule has 2 N–H and O–H groups in total. The molecule has 0 aliphatic carbocycles. The number of imidazole rings is 1. The Morgan fingerprint density at radius 2 is 2.00 bits per heavy atom. The zero-order valence-electron chi connectivity index (χ0n) is 19.9. The number of hydrogen-bond donors (Lipinski definition) is 2. The van der Waals surface area contributed by atoms with Crippen LogP contribution in [-0.2, 0) is 16.1 Å². The van der Waals surface area contributed by atoms with Crippen LogP contribution in [0.15, 0.2) is 41.3 Å². The van der Waals surface area contributed by atoms with Gasteiger partial charge in [0.25, 0.3) is 5.56 Å². The molecule has 1 unspecified atom stereocenters. The van der Waals surface area contributed by atoms with Crippen LogP contribution in [0.4, 0.5) is 5.82 Å². The average Bonchev–Trinajstić information content (AvgIpc) is 3.49. The maximum Gasteiger partial charge on any atom is 0.325 e. The first-order valence-corrected chi connectivity index (χ1v) is 12.4. The fourth-order valence-corrected chi connectivity index (χ4v) is 4.63. The number of carbonyl (C=O) groups excluding carboxylic acids is 1. The Morgan fingerprint density at radius 3 is 2.69 bits per heavy atom. The van der Waals surface area contributed by atoms with Gasteiger partial charge in [0.05, 0.1) is 5.69 Å². The number of nitrogens with one attached hydrogen (secondary N) is 1. The topological polar surface area (TPSA) is 109 Å². The van der Waals surface area contributed by atoms with E-state index in [-0.39, 0.29) is 11.5 Å². The number of carboxylic acid groups (broad SMARTS) is 1. The molecule has 3 heterocycles. The van der Waals surface area contributed by atoms with E-state index in [2.05, 4.69) is 12.2 Å². The molecule has 2 atom stereocenters. The minimum absolute atomic E-state index is 0.237. The normalized spacial score (nSPS) is 16.5. The predicted octanol–water partition coefficient (Wildman–Crippen LogP) is 3.56. The molecule has 1 saturated heterocycles. The highest BCUT2D eigenvalue weighted by Gasteiger charge is 2.34. The number of benzene rings is 1. The lowest BCUT2D eigenvalue weighted by Gasteiger charge is -2.29. The van der Waals surface area contributed by atoms with Crippen molar-refractivity contribution in [2.75, 3.05) is 11.4 Å². The molecule has 9 nitrogen and oxygen atoms in total. The first-order chi connectivity index (χ1) is 16.8. The number of halogens is 1. The standard InChI is InChI=1S/C25H30ClN5O4/c1-3-4-5-12-30-21(29-13-6-7-20(29)23(33)27-16(2)24(34)35)14-22(32)31-15-19(28-25(30)31)17-8-10-18(26)11-9-17/h8-11,14-16,20H,3-7,12-13H2,1-2H3,(H,27,33)(H,34,35)/t16?,20-/m0/s1. The van der Waals surface area contributed by atoms with Crippen LogP contribution >= 0.6 is 11.6 Å². The minimum atomic E-state index is -1.09. The number of carboxylic acids is 1. The van der Waals surface area contributed by atoms with E-state index in [1.54, 1.807) is 24.4 Å². The Hall–Kier alpha value is -3.33. The van der Waals surface area contributed by atoms with E-state index in [0.717, 1.165) is 31.2 Å². The number of rotatable bonds is 9. The molecule has 1 aliphatic rings. The molecule has 1 fully saturated rings. The number of anilines is 1. The predicted molar refractivity (Wildman–Crippen MR) is 135 cm³/mol. The summed E-state index contributed by atoms with van der Waals surface area (Å²) in [6, 6.07) is 7.30. The number of fused-ring (bicyclic) bond motifs is 1. The van der Waals surface area contributed by atoms with Crippen molar-refractivity contribution in [3.05, 3.63) is 51.9 Å². The molecule has 186 valence electrons. The fourth-order valence-electron chi connectivity index (χ4n) is 4.50. The molecule has 35 heavy (non-hydrogen) atoms. The molecule has 4 rings (SSSR count). The number of aromatic nitrogens is 3. The third-order valence-corrected chi connectivity index (χ3v) is 6.65. The molecule has 0 spiro atoms. The second-order valence-electron chi connectivity index (χ2n) is 8.92. The third-order valence-electron chi connectivity index (χ3n) is 6.40. The first kappa shape index (κ1) is 24.8. The lowest BCUT2D eigenvalue weighted by Crippen LogP contribution is -2.49. The summed E-state index contributed by atoms with van der Waals surface area (Å²) >= 11 is 6.03. The van der Waals surface area contributed by atoms with Gasteiger partial charge in [0, 0.05) is 35.9 Å². The summed E-state index contributed by atoms with van der Waals surface area (Å²) in [7, 11) is 0. The summed E-state index contributed by atoms with van der Waals surface area (Å²) in [4.78, 5) is 44.1. The number of hydrogen-bond acceptors (Lipinski definition) is 5. The van der Waals surface area contributed by atoms with Crippen molar-refractivity contribution >= 4 is 35.1 Å².